The third-order valence-corrected chi connectivity index (χ3v) is 6.50. The van der Waals surface area contributed by atoms with Crippen LogP contribution in [-0.2, 0) is 11.2 Å². The van der Waals surface area contributed by atoms with Crippen molar-refractivity contribution in [1.82, 2.24) is 20.0 Å². The first kappa shape index (κ1) is 25.7. The molecule has 3 N–H and O–H groups in total. The van der Waals surface area contributed by atoms with Crippen LogP contribution < -0.4 is 10.6 Å². The van der Waals surface area contributed by atoms with Crippen LogP contribution in [0.25, 0.3) is 5.69 Å². The van der Waals surface area contributed by atoms with Gasteiger partial charge in [0.05, 0.1) is 24.0 Å². The Balaban J connectivity index is 1.56. The number of hydrogen-bond acceptors (Lipinski definition) is 5. The molecule has 2 unspecified atom stereocenters. The molecule has 1 fully saturated rings. The number of aliphatic hydroxyl groups excluding tert-OH is 1. The number of anilines is 1. The Morgan fingerprint density at radius 3 is 2.64 bits per heavy atom. The van der Waals surface area contributed by atoms with Gasteiger partial charge in [-0.05, 0) is 36.8 Å². The topological polar surface area (TPSA) is 91.7 Å². The Labute approximate surface area is 208 Å². The molecule has 0 saturated carbocycles. The van der Waals surface area contributed by atoms with Gasteiger partial charge in [0.15, 0.2) is 11.6 Å². The molecule has 2 amide bonds. The summed E-state index contributed by atoms with van der Waals surface area (Å²) < 4.78 is 34.4. The number of para-hydroxylation sites is 1. The smallest absolute Gasteiger partial charge is 0.320 e. The second-order valence-corrected chi connectivity index (χ2v) is 8.88. The summed E-state index contributed by atoms with van der Waals surface area (Å²) in [5.74, 6) is -1.54. The predicted octanol–water partition coefficient (Wildman–Crippen LogP) is 3.23. The molecule has 2 heterocycles. The van der Waals surface area contributed by atoms with Gasteiger partial charge in [-0.2, -0.15) is 5.10 Å². The van der Waals surface area contributed by atoms with E-state index in [1.807, 2.05) is 37.3 Å². The minimum absolute atomic E-state index is 0.0619. The van der Waals surface area contributed by atoms with Gasteiger partial charge in [0, 0.05) is 51.3 Å². The number of hydrogen-bond donors (Lipinski definition) is 3. The zero-order valence-corrected chi connectivity index (χ0v) is 20.4. The Morgan fingerprint density at radius 2 is 1.94 bits per heavy atom. The van der Waals surface area contributed by atoms with E-state index in [0.29, 0.717) is 49.7 Å². The number of amides is 2. The molecule has 1 aliphatic heterocycles. The van der Waals surface area contributed by atoms with Crippen molar-refractivity contribution >= 4 is 11.8 Å². The number of nitrogens with one attached hydrogen (secondary N) is 2. The number of nitrogens with zero attached hydrogens (tertiary/aromatic N) is 3. The quantitative estimate of drug-likeness (QED) is 0.421. The minimum Gasteiger partial charge on any atom is -0.396 e. The van der Waals surface area contributed by atoms with E-state index in [1.165, 1.54) is 6.07 Å². The van der Waals surface area contributed by atoms with Crippen molar-refractivity contribution in [2.75, 3.05) is 45.3 Å². The number of aliphatic hydroxyl groups is 1. The van der Waals surface area contributed by atoms with Gasteiger partial charge in [0.2, 0.25) is 0 Å². The van der Waals surface area contributed by atoms with Crippen LogP contribution in [0.15, 0.2) is 48.5 Å². The van der Waals surface area contributed by atoms with Gasteiger partial charge >= 0.3 is 6.03 Å². The molecule has 0 aliphatic carbocycles. The van der Waals surface area contributed by atoms with Crippen LogP contribution in [0.2, 0.25) is 0 Å². The summed E-state index contributed by atoms with van der Waals surface area (Å²) in [6.07, 6.45) is 0.358. The first-order valence-electron chi connectivity index (χ1n) is 11.9. The number of methoxy groups -OCH3 is 1. The fraction of sp³-hybridized carbons (Fsp3) is 0.385. The Kier molecular flexibility index (Phi) is 8.29. The average molecular weight is 500 g/mol. The van der Waals surface area contributed by atoms with Gasteiger partial charge in [0.1, 0.15) is 5.82 Å². The Morgan fingerprint density at radius 1 is 1.17 bits per heavy atom. The molecule has 8 nitrogen and oxygen atoms in total. The zero-order chi connectivity index (χ0) is 25.7. The van der Waals surface area contributed by atoms with Crippen molar-refractivity contribution < 1.29 is 23.4 Å². The number of benzene rings is 2. The predicted molar refractivity (Wildman–Crippen MR) is 132 cm³/mol. The molecule has 1 aliphatic rings. The summed E-state index contributed by atoms with van der Waals surface area (Å²) in [6.45, 7) is 4.06. The zero-order valence-electron chi connectivity index (χ0n) is 20.4. The van der Waals surface area contributed by atoms with E-state index in [0.717, 1.165) is 17.3 Å². The molecule has 4 rings (SSSR count). The summed E-state index contributed by atoms with van der Waals surface area (Å²) in [4.78, 5) is 15.3. The van der Waals surface area contributed by atoms with Gasteiger partial charge in [0.25, 0.3) is 0 Å². The third-order valence-electron chi connectivity index (χ3n) is 6.50. The highest BCUT2D eigenvalue weighted by molar-refractivity contribution is 5.90. The number of likely N-dealkylation sites (tertiary alicyclic amines) is 1. The summed E-state index contributed by atoms with van der Waals surface area (Å²) in [5.41, 5.74) is 2.83. The fourth-order valence-electron chi connectivity index (χ4n) is 4.61. The van der Waals surface area contributed by atoms with E-state index in [-0.39, 0.29) is 18.6 Å². The van der Waals surface area contributed by atoms with E-state index in [4.69, 9.17) is 4.74 Å². The number of aromatic nitrogens is 2. The van der Waals surface area contributed by atoms with Crippen molar-refractivity contribution in [1.29, 1.82) is 0 Å². The maximum Gasteiger partial charge on any atom is 0.320 e. The summed E-state index contributed by atoms with van der Waals surface area (Å²) >= 11 is 0. The molecule has 0 radical (unpaired) electrons. The van der Waals surface area contributed by atoms with E-state index < -0.39 is 17.7 Å². The molecule has 10 heteroatoms. The van der Waals surface area contributed by atoms with Crippen molar-refractivity contribution in [3.63, 3.8) is 0 Å². The van der Waals surface area contributed by atoms with Crippen molar-refractivity contribution in [2.45, 2.75) is 25.3 Å². The molecular weight excluding hydrogens is 468 g/mol. The van der Waals surface area contributed by atoms with E-state index >= 15 is 0 Å². The molecule has 1 aromatic heterocycles. The van der Waals surface area contributed by atoms with E-state index in [1.54, 1.807) is 17.9 Å². The monoisotopic (exact) mass is 499 g/mol. The highest BCUT2D eigenvalue weighted by atomic mass is 19.2. The number of halogens is 2. The van der Waals surface area contributed by atoms with Crippen LogP contribution in [0.1, 0.15) is 22.7 Å². The summed E-state index contributed by atoms with van der Waals surface area (Å²) in [7, 11) is 1.62. The van der Waals surface area contributed by atoms with Crippen LogP contribution in [0.5, 0.6) is 0 Å². The van der Waals surface area contributed by atoms with Crippen LogP contribution in [0.3, 0.4) is 0 Å². The Hall–Kier alpha value is -3.34. The average Bonchev–Trinajstić information content (AvgIpc) is 3.41. The molecule has 0 spiro atoms. The van der Waals surface area contributed by atoms with E-state index in [2.05, 4.69) is 20.6 Å². The molecule has 192 valence electrons. The largest absolute Gasteiger partial charge is 0.396 e. The number of rotatable bonds is 9. The lowest BCUT2D eigenvalue weighted by Crippen LogP contribution is -2.42. The molecule has 2 aromatic carbocycles. The molecule has 3 aromatic rings. The maximum absolute atomic E-state index is 14.0. The van der Waals surface area contributed by atoms with Crippen LogP contribution in [0.4, 0.5) is 19.4 Å². The number of carbonyl (C=O) groups excluding carboxylic acids is 1. The van der Waals surface area contributed by atoms with Gasteiger partial charge in [-0.25, -0.2) is 18.3 Å². The van der Waals surface area contributed by atoms with Crippen molar-refractivity contribution in [3.05, 3.63) is 77.0 Å². The fourth-order valence-corrected chi connectivity index (χ4v) is 4.61. The second-order valence-electron chi connectivity index (χ2n) is 8.88. The SMILES string of the molecule is COCCN1CC(NC(=O)Nc2c(C)c(CCO)nn2-c2ccccc2)C(c2ccc(F)c(F)c2)C1. The van der Waals surface area contributed by atoms with Crippen molar-refractivity contribution in [3.8, 4) is 5.69 Å². The summed E-state index contributed by atoms with van der Waals surface area (Å²) in [6, 6.07) is 12.5. The maximum atomic E-state index is 14.0. The normalized spacial score (nSPS) is 17.9. The number of carbonyl (C=O) groups is 1. The molecular formula is C26H31F2N5O3. The standard InChI is InChI=1S/C26H31F2N5O3/c1-17-23(10-12-34)31-33(19-6-4-3-5-7-19)25(17)30-26(35)29-24-16-32(11-13-36-2)15-20(24)18-8-9-21(27)22(28)14-18/h3-9,14,20,24,34H,10-13,15-16H2,1-2H3,(H2,29,30,35). The highest BCUT2D eigenvalue weighted by Crippen LogP contribution is 2.29. The minimum atomic E-state index is -0.912. The highest BCUT2D eigenvalue weighted by Gasteiger charge is 2.35. The van der Waals surface area contributed by atoms with Crippen LogP contribution in [-0.4, -0.2) is 71.8 Å². The third kappa shape index (κ3) is 5.72. The molecule has 1 saturated heterocycles. The molecule has 36 heavy (non-hydrogen) atoms. The summed E-state index contributed by atoms with van der Waals surface area (Å²) in [5, 5.41) is 20.0. The first-order valence-corrected chi connectivity index (χ1v) is 11.9. The van der Waals surface area contributed by atoms with Gasteiger partial charge in [-0.3, -0.25) is 10.2 Å². The lowest BCUT2D eigenvalue weighted by atomic mass is 9.94. The van der Waals surface area contributed by atoms with Gasteiger partial charge in [-0.1, -0.05) is 24.3 Å². The lowest BCUT2D eigenvalue weighted by Gasteiger charge is -2.21. The number of urea groups is 1. The molecule has 2 atom stereocenters. The molecule has 0 bridgehead atoms. The van der Waals surface area contributed by atoms with E-state index in [9.17, 15) is 18.7 Å². The van der Waals surface area contributed by atoms with Crippen LogP contribution >= 0.6 is 0 Å². The van der Waals surface area contributed by atoms with Crippen molar-refractivity contribution in [2.24, 2.45) is 0 Å². The van der Waals surface area contributed by atoms with Gasteiger partial charge in [-0.15, -0.1) is 0 Å². The second kappa shape index (κ2) is 11.6. The first-order chi connectivity index (χ1) is 17.4. The van der Waals surface area contributed by atoms with Gasteiger partial charge < -0.3 is 15.2 Å². The Bertz CT molecular complexity index is 1190. The number of ether oxygens (including phenoxy) is 1. The van der Waals surface area contributed by atoms with Crippen LogP contribution in [0, 0.1) is 18.6 Å². The lowest BCUT2D eigenvalue weighted by molar-refractivity contribution is 0.159.